The number of benzene rings is 2. The molecule has 3 amide bonds. The van der Waals surface area contributed by atoms with E-state index in [2.05, 4.69) is 18.5 Å². The van der Waals surface area contributed by atoms with Gasteiger partial charge in [0, 0.05) is 31.8 Å². The van der Waals surface area contributed by atoms with E-state index < -0.39 is 41.7 Å². The summed E-state index contributed by atoms with van der Waals surface area (Å²) in [6, 6.07) is 15.3. The lowest BCUT2D eigenvalue weighted by Crippen LogP contribution is -2.56. The lowest BCUT2D eigenvalue weighted by Gasteiger charge is -2.37. The first kappa shape index (κ1) is 36.8. The molecule has 2 bridgehead atoms. The van der Waals surface area contributed by atoms with Crippen molar-refractivity contribution in [1.29, 1.82) is 0 Å². The van der Waals surface area contributed by atoms with Crippen molar-refractivity contribution in [2.24, 2.45) is 11.8 Å². The number of ether oxygens (including phenoxy) is 3. The molecular formula is C39H49N3O8. The molecule has 0 radical (unpaired) electrons. The molecule has 3 aliphatic rings. The minimum absolute atomic E-state index is 0.0627. The average Bonchev–Trinajstić information content (AvgIpc) is 3.78. The van der Waals surface area contributed by atoms with Crippen LogP contribution in [0.25, 0.3) is 0 Å². The van der Waals surface area contributed by atoms with E-state index in [0.29, 0.717) is 55.6 Å². The number of nitrogens with one attached hydrogen (secondary N) is 1. The van der Waals surface area contributed by atoms with Gasteiger partial charge in [-0.05, 0) is 61.9 Å². The maximum atomic E-state index is 14.7. The Morgan fingerprint density at radius 1 is 1.08 bits per heavy atom. The number of amides is 3. The summed E-state index contributed by atoms with van der Waals surface area (Å²) in [5.41, 5.74) is 0.120. The van der Waals surface area contributed by atoms with Gasteiger partial charge >= 0.3 is 5.97 Å². The SMILES string of the molecule is C=CCCC(=O)NC[C@@H](OC(=O)[C@@H]1[C@H]2C(=O)N(CCCCCCO)[C@H](C(=O)N(CC=C)c3ccc(OC)cc3)[C@]23CC[C@H]1O3)c1ccccc1. The van der Waals surface area contributed by atoms with Gasteiger partial charge < -0.3 is 34.4 Å². The summed E-state index contributed by atoms with van der Waals surface area (Å²) in [6.07, 6.45) is 6.50. The lowest BCUT2D eigenvalue weighted by atomic mass is 9.70. The van der Waals surface area contributed by atoms with Gasteiger partial charge in [-0.25, -0.2) is 0 Å². The molecule has 268 valence electrons. The van der Waals surface area contributed by atoms with Crippen LogP contribution < -0.4 is 15.0 Å². The monoisotopic (exact) mass is 687 g/mol. The molecule has 6 atom stereocenters. The molecule has 11 heteroatoms. The number of methoxy groups -OCH3 is 1. The Hall–Kier alpha value is -4.48. The predicted molar refractivity (Wildman–Crippen MR) is 188 cm³/mol. The summed E-state index contributed by atoms with van der Waals surface area (Å²) in [5, 5.41) is 12.1. The largest absolute Gasteiger partial charge is 0.497 e. The highest BCUT2D eigenvalue weighted by Gasteiger charge is 2.75. The van der Waals surface area contributed by atoms with Crippen LogP contribution in [0.4, 0.5) is 5.69 Å². The number of aliphatic hydroxyl groups excluding tert-OH is 1. The zero-order chi connectivity index (χ0) is 35.7. The second-order valence-electron chi connectivity index (χ2n) is 13.1. The number of aliphatic hydroxyl groups is 1. The second-order valence-corrected chi connectivity index (χ2v) is 13.1. The number of esters is 1. The lowest BCUT2D eigenvalue weighted by molar-refractivity contribution is -0.160. The van der Waals surface area contributed by atoms with Crippen molar-refractivity contribution in [2.75, 3.05) is 38.3 Å². The standard InChI is InChI=1S/C39H49N3O8/c1-4-6-16-32(44)40-26-31(27-14-10-9-11-15-27)49-38(47)33-30-21-22-39(50-30)34(33)36(45)42(24-12-7-8-13-25-43)35(39)37(46)41(23-5-2)28-17-19-29(48-3)20-18-28/h4-5,9-11,14-15,17-20,30-31,33-35,43H,1-2,6-8,12-13,16,21-26H2,3H3,(H,40,44)/t30-,31-,33+,34+,35-,39+/m1/s1. The van der Waals surface area contributed by atoms with E-state index in [1.807, 2.05) is 30.3 Å². The van der Waals surface area contributed by atoms with Gasteiger partial charge in [0.25, 0.3) is 5.91 Å². The molecule has 2 aromatic rings. The van der Waals surface area contributed by atoms with E-state index in [1.165, 1.54) is 0 Å². The molecule has 0 saturated carbocycles. The predicted octanol–water partition coefficient (Wildman–Crippen LogP) is 4.51. The smallest absolute Gasteiger partial charge is 0.313 e. The van der Waals surface area contributed by atoms with Crippen LogP contribution in [0.2, 0.25) is 0 Å². The molecule has 2 N–H and O–H groups in total. The Kier molecular flexibility index (Phi) is 12.5. The number of carbonyl (C=O) groups excluding carboxylic acids is 4. The first-order valence-corrected chi connectivity index (χ1v) is 17.6. The van der Waals surface area contributed by atoms with E-state index in [1.54, 1.807) is 53.3 Å². The fraction of sp³-hybridized carbons (Fsp3) is 0.487. The number of carbonyl (C=O) groups is 4. The summed E-state index contributed by atoms with van der Waals surface area (Å²) in [4.78, 5) is 59.2. The highest BCUT2D eigenvalue weighted by molar-refractivity contribution is 6.04. The third-order valence-electron chi connectivity index (χ3n) is 10.1. The molecule has 5 rings (SSSR count). The zero-order valence-corrected chi connectivity index (χ0v) is 28.8. The first-order chi connectivity index (χ1) is 24.3. The minimum atomic E-state index is -1.21. The Labute approximate surface area is 294 Å². The van der Waals surface area contributed by atoms with Gasteiger partial charge in [-0.2, -0.15) is 0 Å². The quantitative estimate of drug-likeness (QED) is 0.125. The molecule has 50 heavy (non-hydrogen) atoms. The molecular weight excluding hydrogens is 638 g/mol. The fourth-order valence-corrected chi connectivity index (χ4v) is 7.69. The van der Waals surface area contributed by atoms with Gasteiger partial charge in [0.15, 0.2) is 0 Å². The molecule has 3 aliphatic heterocycles. The Morgan fingerprint density at radius 2 is 1.82 bits per heavy atom. The third kappa shape index (κ3) is 7.63. The van der Waals surface area contributed by atoms with Crippen LogP contribution in [-0.2, 0) is 28.7 Å². The Morgan fingerprint density at radius 3 is 2.50 bits per heavy atom. The number of anilines is 1. The minimum Gasteiger partial charge on any atom is -0.497 e. The van der Waals surface area contributed by atoms with E-state index in [4.69, 9.17) is 14.2 Å². The molecule has 0 aliphatic carbocycles. The highest BCUT2D eigenvalue weighted by atomic mass is 16.6. The number of nitrogens with zero attached hydrogens (tertiary/aromatic N) is 2. The van der Waals surface area contributed by atoms with E-state index in [-0.39, 0.29) is 43.8 Å². The number of likely N-dealkylation sites (tertiary alicyclic amines) is 1. The topological polar surface area (TPSA) is 135 Å². The second kappa shape index (κ2) is 17.0. The maximum absolute atomic E-state index is 14.7. The molecule has 2 aromatic carbocycles. The molecule has 3 fully saturated rings. The highest BCUT2D eigenvalue weighted by Crippen LogP contribution is 2.59. The van der Waals surface area contributed by atoms with Crippen molar-refractivity contribution < 1.29 is 38.5 Å². The number of unbranched alkanes of at least 4 members (excludes halogenated alkanes) is 3. The summed E-state index contributed by atoms with van der Waals surface area (Å²) >= 11 is 0. The molecule has 3 saturated heterocycles. The van der Waals surface area contributed by atoms with Crippen LogP contribution in [0.3, 0.4) is 0 Å². The van der Waals surface area contributed by atoms with Gasteiger partial charge in [0.05, 0.1) is 31.6 Å². The number of fused-ring (bicyclic) bond motifs is 1. The van der Waals surface area contributed by atoms with Crippen molar-refractivity contribution in [2.45, 2.75) is 75.2 Å². The van der Waals surface area contributed by atoms with Gasteiger partial charge in [0.1, 0.15) is 23.5 Å². The zero-order valence-electron chi connectivity index (χ0n) is 28.8. The molecule has 11 nitrogen and oxygen atoms in total. The van der Waals surface area contributed by atoms with Crippen LogP contribution in [0.1, 0.15) is 63.0 Å². The summed E-state index contributed by atoms with van der Waals surface area (Å²) in [6.45, 7) is 8.21. The van der Waals surface area contributed by atoms with E-state index in [9.17, 15) is 24.3 Å². The average molecular weight is 688 g/mol. The first-order valence-electron chi connectivity index (χ1n) is 17.6. The van der Waals surface area contributed by atoms with Gasteiger partial charge in [0.2, 0.25) is 11.8 Å². The van der Waals surface area contributed by atoms with Crippen LogP contribution >= 0.6 is 0 Å². The normalized spacial score (nSPS) is 24.0. The Balaban J connectivity index is 1.44. The van der Waals surface area contributed by atoms with Gasteiger partial charge in [-0.3, -0.25) is 19.2 Å². The van der Waals surface area contributed by atoms with Crippen LogP contribution in [0, 0.1) is 11.8 Å². The van der Waals surface area contributed by atoms with Crippen molar-refractivity contribution in [3.63, 3.8) is 0 Å². The number of rotatable bonds is 19. The van der Waals surface area contributed by atoms with Crippen molar-refractivity contribution in [1.82, 2.24) is 10.2 Å². The molecule has 3 heterocycles. The van der Waals surface area contributed by atoms with E-state index in [0.717, 1.165) is 12.8 Å². The van der Waals surface area contributed by atoms with Crippen LogP contribution in [0.15, 0.2) is 79.9 Å². The van der Waals surface area contributed by atoms with Crippen LogP contribution in [0.5, 0.6) is 5.75 Å². The summed E-state index contributed by atoms with van der Waals surface area (Å²) < 4.78 is 18.1. The van der Waals surface area contributed by atoms with E-state index >= 15 is 0 Å². The fourth-order valence-electron chi connectivity index (χ4n) is 7.69. The molecule has 0 aromatic heterocycles. The van der Waals surface area contributed by atoms with Crippen molar-refractivity contribution >= 4 is 29.4 Å². The third-order valence-corrected chi connectivity index (χ3v) is 10.1. The molecule has 0 unspecified atom stereocenters. The number of hydrogen-bond donors (Lipinski definition) is 2. The Bertz CT molecular complexity index is 1510. The van der Waals surface area contributed by atoms with Crippen LogP contribution in [-0.4, -0.2) is 84.8 Å². The maximum Gasteiger partial charge on any atom is 0.313 e. The van der Waals surface area contributed by atoms with Gasteiger partial charge in [-0.15, -0.1) is 13.2 Å². The van der Waals surface area contributed by atoms with Gasteiger partial charge in [-0.1, -0.05) is 55.3 Å². The number of allylic oxidation sites excluding steroid dienone is 1. The molecule has 1 spiro atoms. The summed E-state index contributed by atoms with van der Waals surface area (Å²) in [7, 11) is 1.57. The van der Waals surface area contributed by atoms with Crippen molar-refractivity contribution in [3.8, 4) is 5.75 Å². The van der Waals surface area contributed by atoms with Crippen molar-refractivity contribution in [3.05, 3.63) is 85.5 Å². The summed E-state index contributed by atoms with van der Waals surface area (Å²) in [5.74, 6) is -2.55. The number of hydrogen-bond acceptors (Lipinski definition) is 8.